The lowest BCUT2D eigenvalue weighted by atomic mass is 10.0. The van der Waals surface area contributed by atoms with Crippen LogP contribution in [0, 0.1) is 17.8 Å². The van der Waals surface area contributed by atoms with Crippen LogP contribution in [0.3, 0.4) is 0 Å². The van der Waals surface area contributed by atoms with E-state index in [0.717, 1.165) is 24.2 Å². The summed E-state index contributed by atoms with van der Waals surface area (Å²) in [5.74, 6) is 2.71. The molecule has 0 aromatic carbocycles. The molecule has 2 rings (SSSR count). The Balaban J connectivity index is 1.86. The first kappa shape index (κ1) is 11.4. The quantitative estimate of drug-likeness (QED) is 0.772. The SMILES string of the molecule is OCCC1[C@H]2CCC(Br)C(Br)CC[C@@H]12. The first-order valence-electron chi connectivity index (χ1n) is 5.63. The van der Waals surface area contributed by atoms with Gasteiger partial charge in [0.1, 0.15) is 0 Å². The molecule has 0 heterocycles. The molecule has 0 aromatic rings. The smallest absolute Gasteiger partial charge is 0.0433 e. The second kappa shape index (κ2) is 4.84. The molecule has 0 aromatic heterocycles. The summed E-state index contributed by atoms with van der Waals surface area (Å²) in [4.78, 5) is 1.30. The van der Waals surface area contributed by atoms with E-state index in [1.807, 2.05) is 0 Å². The molecule has 3 unspecified atom stereocenters. The molecule has 82 valence electrons. The van der Waals surface area contributed by atoms with Crippen molar-refractivity contribution in [3.8, 4) is 0 Å². The number of aliphatic hydroxyl groups is 1. The third kappa shape index (κ3) is 2.35. The molecule has 0 bridgehead atoms. The predicted molar refractivity (Wildman–Crippen MR) is 66.1 cm³/mol. The highest BCUT2D eigenvalue weighted by Crippen LogP contribution is 2.55. The highest BCUT2D eigenvalue weighted by atomic mass is 79.9. The molecular weight excluding hydrogens is 308 g/mol. The zero-order valence-corrected chi connectivity index (χ0v) is 11.5. The van der Waals surface area contributed by atoms with Gasteiger partial charge < -0.3 is 5.11 Å². The van der Waals surface area contributed by atoms with Crippen molar-refractivity contribution < 1.29 is 5.11 Å². The number of hydrogen-bond acceptors (Lipinski definition) is 1. The molecule has 2 saturated carbocycles. The van der Waals surface area contributed by atoms with Crippen molar-refractivity contribution in [1.29, 1.82) is 0 Å². The minimum atomic E-state index is 0.382. The Morgan fingerprint density at radius 2 is 1.43 bits per heavy atom. The van der Waals surface area contributed by atoms with E-state index >= 15 is 0 Å². The van der Waals surface area contributed by atoms with Gasteiger partial charge >= 0.3 is 0 Å². The van der Waals surface area contributed by atoms with Gasteiger partial charge in [-0.2, -0.15) is 0 Å². The van der Waals surface area contributed by atoms with E-state index in [1.54, 1.807) is 0 Å². The van der Waals surface area contributed by atoms with Crippen LogP contribution in [0.2, 0.25) is 0 Å². The summed E-state index contributed by atoms with van der Waals surface area (Å²) >= 11 is 7.49. The molecule has 2 aliphatic carbocycles. The fourth-order valence-electron chi connectivity index (χ4n) is 3.02. The highest BCUT2D eigenvalue weighted by Gasteiger charge is 2.49. The second-order valence-electron chi connectivity index (χ2n) is 4.69. The lowest BCUT2D eigenvalue weighted by molar-refractivity contribution is 0.274. The van der Waals surface area contributed by atoms with Crippen LogP contribution < -0.4 is 0 Å². The largest absolute Gasteiger partial charge is 0.396 e. The second-order valence-corrected chi connectivity index (χ2v) is 7.04. The van der Waals surface area contributed by atoms with E-state index in [9.17, 15) is 0 Å². The van der Waals surface area contributed by atoms with E-state index in [0.29, 0.717) is 16.3 Å². The maximum atomic E-state index is 8.95. The van der Waals surface area contributed by atoms with Crippen LogP contribution in [0.15, 0.2) is 0 Å². The van der Waals surface area contributed by atoms with Crippen LogP contribution in [-0.2, 0) is 0 Å². The maximum absolute atomic E-state index is 8.95. The van der Waals surface area contributed by atoms with Crippen molar-refractivity contribution in [2.45, 2.75) is 41.8 Å². The van der Waals surface area contributed by atoms with Crippen molar-refractivity contribution >= 4 is 31.9 Å². The molecule has 1 nitrogen and oxygen atoms in total. The number of rotatable bonds is 2. The first-order valence-corrected chi connectivity index (χ1v) is 7.46. The van der Waals surface area contributed by atoms with Gasteiger partial charge in [-0.25, -0.2) is 0 Å². The number of alkyl halides is 2. The lowest BCUT2D eigenvalue weighted by Crippen LogP contribution is -2.16. The molecule has 0 radical (unpaired) electrons. The number of hydrogen-bond donors (Lipinski definition) is 1. The van der Waals surface area contributed by atoms with Crippen LogP contribution in [-0.4, -0.2) is 21.4 Å². The zero-order valence-electron chi connectivity index (χ0n) is 8.33. The Bertz CT molecular complexity index is 180. The monoisotopic (exact) mass is 324 g/mol. The van der Waals surface area contributed by atoms with E-state index in [1.165, 1.54) is 25.7 Å². The van der Waals surface area contributed by atoms with Crippen molar-refractivity contribution in [2.75, 3.05) is 6.61 Å². The summed E-state index contributed by atoms with van der Waals surface area (Å²) < 4.78 is 0. The molecule has 14 heavy (non-hydrogen) atoms. The summed E-state index contributed by atoms with van der Waals surface area (Å²) in [6.07, 6.45) is 6.33. The van der Waals surface area contributed by atoms with Crippen LogP contribution >= 0.6 is 31.9 Å². The Labute approximate surface area is 103 Å². The van der Waals surface area contributed by atoms with Crippen LogP contribution in [0.5, 0.6) is 0 Å². The molecule has 0 amide bonds. The molecule has 1 N–H and O–H groups in total. The van der Waals surface area contributed by atoms with Crippen molar-refractivity contribution in [1.82, 2.24) is 0 Å². The molecule has 2 aliphatic rings. The molecule has 2 fully saturated rings. The minimum Gasteiger partial charge on any atom is -0.396 e. The van der Waals surface area contributed by atoms with Gasteiger partial charge in [0, 0.05) is 16.3 Å². The van der Waals surface area contributed by atoms with E-state index in [2.05, 4.69) is 31.9 Å². The maximum Gasteiger partial charge on any atom is 0.0433 e. The number of aliphatic hydroxyl groups excluding tert-OH is 1. The first-order chi connectivity index (χ1) is 6.74. The van der Waals surface area contributed by atoms with Gasteiger partial charge in [0.25, 0.3) is 0 Å². The van der Waals surface area contributed by atoms with Gasteiger partial charge in [0.05, 0.1) is 0 Å². The molecular formula is C11H18Br2O. The van der Waals surface area contributed by atoms with E-state index in [-0.39, 0.29) is 0 Å². The average molecular weight is 326 g/mol. The summed E-state index contributed by atoms with van der Waals surface area (Å²) in [6, 6.07) is 0. The highest BCUT2D eigenvalue weighted by molar-refractivity contribution is 9.12. The molecule has 3 heteroatoms. The van der Waals surface area contributed by atoms with Crippen LogP contribution in [0.25, 0.3) is 0 Å². The summed E-state index contributed by atoms with van der Waals surface area (Å²) in [6.45, 7) is 0.382. The Morgan fingerprint density at radius 1 is 0.929 bits per heavy atom. The Hall–Kier alpha value is 0.920. The average Bonchev–Trinajstić information content (AvgIpc) is 2.81. The predicted octanol–water partition coefficient (Wildman–Crippen LogP) is 3.33. The fraction of sp³-hybridized carbons (Fsp3) is 1.00. The van der Waals surface area contributed by atoms with Crippen LogP contribution in [0.1, 0.15) is 32.1 Å². The number of halogens is 2. The Kier molecular flexibility index (Phi) is 3.94. The number of fused-ring (bicyclic) bond motifs is 1. The third-order valence-corrected chi connectivity index (χ3v) is 6.82. The van der Waals surface area contributed by atoms with E-state index < -0.39 is 0 Å². The van der Waals surface area contributed by atoms with E-state index in [4.69, 9.17) is 5.11 Å². The standard InChI is InChI=1S/C11H18Br2O/c12-10-3-1-7-8(2-4-11(10)13)9(7)5-6-14/h7-11,14H,1-6H2/t7-,8+,9?,10?,11?. The Morgan fingerprint density at radius 3 is 1.86 bits per heavy atom. The van der Waals surface area contributed by atoms with Gasteiger partial charge in [-0.1, -0.05) is 31.9 Å². The van der Waals surface area contributed by atoms with Gasteiger partial charge in [0.2, 0.25) is 0 Å². The molecule has 0 saturated heterocycles. The summed E-state index contributed by atoms with van der Waals surface area (Å²) in [5, 5.41) is 8.95. The summed E-state index contributed by atoms with van der Waals surface area (Å²) in [5.41, 5.74) is 0. The van der Waals surface area contributed by atoms with Gasteiger partial charge in [-0.05, 0) is 49.9 Å². The topological polar surface area (TPSA) is 20.2 Å². The molecule has 5 atom stereocenters. The normalized spacial score (nSPS) is 47.8. The zero-order chi connectivity index (χ0) is 10.1. The fourth-order valence-corrected chi connectivity index (χ4v) is 4.08. The third-order valence-electron chi connectivity index (χ3n) is 3.92. The van der Waals surface area contributed by atoms with Crippen molar-refractivity contribution in [2.24, 2.45) is 17.8 Å². The summed E-state index contributed by atoms with van der Waals surface area (Å²) in [7, 11) is 0. The van der Waals surface area contributed by atoms with Gasteiger partial charge in [0.15, 0.2) is 0 Å². The van der Waals surface area contributed by atoms with Crippen LogP contribution in [0.4, 0.5) is 0 Å². The minimum absolute atomic E-state index is 0.382. The van der Waals surface area contributed by atoms with Crippen molar-refractivity contribution in [3.63, 3.8) is 0 Å². The van der Waals surface area contributed by atoms with Gasteiger partial charge in [-0.15, -0.1) is 0 Å². The van der Waals surface area contributed by atoms with Gasteiger partial charge in [-0.3, -0.25) is 0 Å². The molecule has 0 spiro atoms. The van der Waals surface area contributed by atoms with Crippen molar-refractivity contribution in [3.05, 3.63) is 0 Å². The lowest BCUT2D eigenvalue weighted by Gasteiger charge is -2.18. The molecule has 0 aliphatic heterocycles.